The number of nitrogens with one attached hydrogen (secondary N) is 2. The highest BCUT2D eigenvalue weighted by molar-refractivity contribution is 7.98. The van der Waals surface area contributed by atoms with Crippen LogP contribution in [0, 0.1) is 0 Å². The molecule has 1 unspecified atom stereocenters. The Morgan fingerprint density at radius 2 is 2.03 bits per heavy atom. The molecule has 0 aliphatic carbocycles. The Labute approximate surface area is 188 Å². The molecule has 6 nitrogen and oxygen atoms in total. The van der Waals surface area contributed by atoms with E-state index in [0.29, 0.717) is 28.6 Å². The van der Waals surface area contributed by atoms with Crippen LogP contribution in [-0.4, -0.2) is 34.8 Å². The minimum atomic E-state index is -0.731. The monoisotopic (exact) mass is 463 g/mol. The van der Waals surface area contributed by atoms with Crippen molar-refractivity contribution in [2.45, 2.75) is 12.5 Å². The van der Waals surface area contributed by atoms with E-state index in [-0.39, 0.29) is 16.5 Å². The van der Waals surface area contributed by atoms with Gasteiger partial charge in [-0.2, -0.15) is 11.8 Å². The highest BCUT2D eigenvalue weighted by Gasteiger charge is 2.22. The molecule has 0 spiro atoms. The topological polar surface area (TPSA) is 84.2 Å². The van der Waals surface area contributed by atoms with Crippen LogP contribution in [0.3, 0.4) is 0 Å². The van der Waals surface area contributed by atoms with Gasteiger partial charge in [-0.05, 0) is 48.8 Å². The molecule has 0 bridgehead atoms. The van der Waals surface area contributed by atoms with Crippen LogP contribution in [-0.2, 0) is 4.79 Å². The Kier molecular flexibility index (Phi) is 7.79. The molecule has 156 valence electrons. The molecule has 0 aliphatic rings. The van der Waals surface area contributed by atoms with Crippen molar-refractivity contribution in [1.82, 2.24) is 10.3 Å². The molecule has 2 N–H and O–H groups in total. The van der Waals surface area contributed by atoms with E-state index in [2.05, 4.69) is 15.6 Å². The summed E-state index contributed by atoms with van der Waals surface area (Å²) in [5.41, 5.74) is 1.63. The Hall–Kier alpha value is -2.48. The summed E-state index contributed by atoms with van der Waals surface area (Å²) in [6.45, 7) is 0. The number of thioether (sulfide) groups is 1. The first-order valence-corrected chi connectivity index (χ1v) is 11.2. The number of carbonyl (C=O) groups is 2. The Bertz CT molecular complexity index is 1030. The van der Waals surface area contributed by atoms with E-state index in [9.17, 15) is 9.59 Å². The highest BCUT2D eigenvalue weighted by atomic mass is 35.5. The van der Waals surface area contributed by atoms with Crippen molar-refractivity contribution in [3.8, 4) is 11.3 Å². The molecule has 3 rings (SSSR count). The van der Waals surface area contributed by atoms with E-state index in [1.807, 2.05) is 12.3 Å². The standard InChI is InChI=1S/C21H19Cl2N3O3S/c1-30-8-7-18(26-20(27)16-6-5-14(22)10-17(16)23)21(28)25-15-4-2-3-13(9-15)19-11-24-12-29-19/h2-6,9-12,18H,7-8H2,1H3,(H,25,28)(H,26,27). The first-order chi connectivity index (χ1) is 14.5. The molecule has 2 aromatic carbocycles. The van der Waals surface area contributed by atoms with Gasteiger partial charge in [-0.3, -0.25) is 9.59 Å². The number of nitrogens with zero attached hydrogens (tertiary/aromatic N) is 1. The highest BCUT2D eigenvalue weighted by Crippen LogP contribution is 2.23. The van der Waals surface area contributed by atoms with E-state index >= 15 is 0 Å². The third-order valence-corrected chi connectivity index (χ3v) is 5.45. The minimum absolute atomic E-state index is 0.226. The first kappa shape index (κ1) is 22.2. The fourth-order valence-corrected chi connectivity index (χ4v) is 3.72. The number of anilines is 1. The number of oxazole rings is 1. The second-order valence-electron chi connectivity index (χ2n) is 6.37. The number of aromatic nitrogens is 1. The summed E-state index contributed by atoms with van der Waals surface area (Å²) in [6, 6.07) is 11.1. The van der Waals surface area contributed by atoms with Gasteiger partial charge in [0.15, 0.2) is 12.2 Å². The van der Waals surface area contributed by atoms with Crippen LogP contribution in [0.5, 0.6) is 0 Å². The van der Waals surface area contributed by atoms with Crippen LogP contribution in [0.1, 0.15) is 16.8 Å². The Balaban J connectivity index is 1.74. The van der Waals surface area contributed by atoms with Gasteiger partial charge in [-0.25, -0.2) is 4.98 Å². The summed E-state index contributed by atoms with van der Waals surface area (Å²) in [5, 5.41) is 6.28. The summed E-state index contributed by atoms with van der Waals surface area (Å²) in [7, 11) is 0. The van der Waals surface area contributed by atoms with Gasteiger partial charge in [0.1, 0.15) is 6.04 Å². The minimum Gasteiger partial charge on any atom is -0.444 e. The van der Waals surface area contributed by atoms with E-state index in [1.165, 1.54) is 18.5 Å². The quantitative estimate of drug-likeness (QED) is 0.483. The number of carbonyl (C=O) groups excluding carboxylic acids is 2. The van der Waals surface area contributed by atoms with Gasteiger partial charge in [-0.15, -0.1) is 0 Å². The maximum Gasteiger partial charge on any atom is 0.253 e. The van der Waals surface area contributed by atoms with Crippen molar-refractivity contribution >= 4 is 52.5 Å². The molecule has 1 atom stereocenters. The average molecular weight is 464 g/mol. The van der Waals surface area contributed by atoms with Crippen molar-refractivity contribution in [1.29, 1.82) is 0 Å². The summed E-state index contributed by atoms with van der Waals surface area (Å²) >= 11 is 13.6. The largest absolute Gasteiger partial charge is 0.444 e. The maximum absolute atomic E-state index is 12.9. The molecule has 0 aliphatic heterocycles. The number of hydrogen-bond acceptors (Lipinski definition) is 5. The van der Waals surface area contributed by atoms with Crippen molar-refractivity contribution < 1.29 is 14.0 Å². The van der Waals surface area contributed by atoms with Crippen molar-refractivity contribution in [3.05, 3.63) is 70.7 Å². The van der Waals surface area contributed by atoms with Crippen molar-refractivity contribution in [2.24, 2.45) is 0 Å². The number of benzene rings is 2. The lowest BCUT2D eigenvalue weighted by atomic mass is 10.1. The summed E-state index contributed by atoms with van der Waals surface area (Å²) in [5.74, 6) is 0.534. The maximum atomic E-state index is 12.9. The lowest BCUT2D eigenvalue weighted by molar-refractivity contribution is -0.118. The van der Waals surface area contributed by atoms with Gasteiger partial charge in [-0.1, -0.05) is 35.3 Å². The van der Waals surface area contributed by atoms with E-state index in [0.717, 1.165) is 5.56 Å². The van der Waals surface area contributed by atoms with Crippen LogP contribution >= 0.6 is 35.0 Å². The smallest absolute Gasteiger partial charge is 0.253 e. The molecule has 0 saturated carbocycles. The number of halogens is 2. The van der Waals surface area contributed by atoms with Crippen LogP contribution in [0.2, 0.25) is 10.0 Å². The molecular weight excluding hydrogens is 445 g/mol. The lowest BCUT2D eigenvalue weighted by Gasteiger charge is -2.19. The second kappa shape index (κ2) is 10.5. The zero-order valence-corrected chi connectivity index (χ0v) is 18.4. The normalized spacial score (nSPS) is 11.7. The van der Waals surface area contributed by atoms with E-state index in [4.69, 9.17) is 27.6 Å². The number of hydrogen-bond donors (Lipinski definition) is 2. The number of rotatable bonds is 8. The van der Waals surface area contributed by atoms with Gasteiger partial charge >= 0.3 is 0 Å². The molecule has 0 radical (unpaired) electrons. The molecule has 1 aromatic heterocycles. The van der Waals surface area contributed by atoms with Gasteiger partial charge in [0.25, 0.3) is 5.91 Å². The molecule has 9 heteroatoms. The van der Waals surface area contributed by atoms with Crippen molar-refractivity contribution in [3.63, 3.8) is 0 Å². The Morgan fingerprint density at radius 1 is 1.20 bits per heavy atom. The SMILES string of the molecule is CSCCC(NC(=O)c1ccc(Cl)cc1Cl)C(=O)Nc1cccc(-c2cnco2)c1. The second-order valence-corrected chi connectivity index (χ2v) is 8.20. The summed E-state index contributed by atoms with van der Waals surface area (Å²) in [6.07, 6.45) is 5.34. The van der Waals surface area contributed by atoms with Gasteiger partial charge < -0.3 is 15.1 Å². The molecule has 1 heterocycles. The molecule has 3 aromatic rings. The van der Waals surface area contributed by atoms with Gasteiger partial charge in [0.2, 0.25) is 5.91 Å². The molecule has 0 fully saturated rings. The zero-order valence-electron chi connectivity index (χ0n) is 16.0. The van der Waals surface area contributed by atoms with Crippen LogP contribution < -0.4 is 10.6 Å². The van der Waals surface area contributed by atoms with Crippen LogP contribution in [0.25, 0.3) is 11.3 Å². The fraction of sp³-hybridized carbons (Fsp3) is 0.190. The molecular formula is C21H19Cl2N3O3S. The average Bonchev–Trinajstić information content (AvgIpc) is 3.26. The molecule has 30 heavy (non-hydrogen) atoms. The summed E-state index contributed by atoms with van der Waals surface area (Å²) in [4.78, 5) is 29.5. The third kappa shape index (κ3) is 5.78. The summed E-state index contributed by atoms with van der Waals surface area (Å²) < 4.78 is 5.30. The first-order valence-electron chi connectivity index (χ1n) is 9.02. The van der Waals surface area contributed by atoms with E-state index in [1.54, 1.807) is 42.2 Å². The predicted molar refractivity (Wildman–Crippen MR) is 121 cm³/mol. The molecule has 2 amide bonds. The van der Waals surface area contributed by atoms with Crippen molar-refractivity contribution in [2.75, 3.05) is 17.3 Å². The van der Waals surface area contributed by atoms with Gasteiger partial charge in [0.05, 0.1) is 16.8 Å². The fourth-order valence-electron chi connectivity index (χ4n) is 2.75. The lowest BCUT2D eigenvalue weighted by Crippen LogP contribution is -2.44. The van der Waals surface area contributed by atoms with E-state index < -0.39 is 11.9 Å². The predicted octanol–water partition coefficient (Wildman–Crippen LogP) is 5.14. The van der Waals surface area contributed by atoms with Gasteiger partial charge in [0, 0.05) is 16.3 Å². The van der Waals surface area contributed by atoms with Crippen LogP contribution in [0.15, 0.2) is 59.5 Å². The number of amides is 2. The zero-order chi connectivity index (χ0) is 21.5. The Morgan fingerprint density at radius 3 is 2.73 bits per heavy atom. The molecule has 0 saturated heterocycles. The van der Waals surface area contributed by atoms with Crippen LogP contribution in [0.4, 0.5) is 5.69 Å². The third-order valence-electron chi connectivity index (χ3n) is 4.26.